The molecule has 0 aliphatic heterocycles. The maximum absolute atomic E-state index is 13.2. The van der Waals surface area contributed by atoms with Crippen LogP contribution in [0.5, 0.6) is 0 Å². The van der Waals surface area contributed by atoms with E-state index in [1.165, 1.54) is 12.1 Å². The Labute approximate surface area is 139 Å². The van der Waals surface area contributed by atoms with Crippen molar-refractivity contribution in [2.75, 3.05) is 0 Å². The quantitative estimate of drug-likeness (QED) is 0.806. The number of nitrogens with one attached hydrogen (secondary N) is 1. The molecule has 0 saturated carbocycles. The van der Waals surface area contributed by atoms with Crippen molar-refractivity contribution in [1.29, 1.82) is 0 Å². The number of alkyl halides is 3. The average Bonchev–Trinajstić information content (AvgIpc) is 2.44. The molecule has 24 heavy (non-hydrogen) atoms. The molecule has 1 aromatic rings. The molecule has 0 fully saturated rings. The van der Waals surface area contributed by atoms with Gasteiger partial charge < -0.3 is 10.1 Å². The highest BCUT2D eigenvalue weighted by Crippen LogP contribution is 2.37. The van der Waals surface area contributed by atoms with Crippen molar-refractivity contribution < 1.29 is 22.7 Å². The lowest BCUT2D eigenvalue weighted by Crippen LogP contribution is -2.40. The average molecular weight is 341 g/mol. The number of ether oxygens (including phenoxy) is 1. The van der Waals surface area contributed by atoms with Crippen molar-refractivity contribution in [3.63, 3.8) is 0 Å². The van der Waals surface area contributed by atoms with E-state index in [2.05, 4.69) is 5.32 Å². The molecule has 132 valence electrons. The molecule has 0 heterocycles. The van der Waals surface area contributed by atoms with Gasteiger partial charge in [0.2, 0.25) is 0 Å². The molecule has 3 nitrogen and oxygen atoms in total. The topological polar surface area (TPSA) is 38.3 Å². The summed E-state index contributed by atoms with van der Waals surface area (Å²) in [5.41, 5.74) is -0.467. The summed E-state index contributed by atoms with van der Waals surface area (Å²) in [6, 6.07) is 5.30. The number of hydrogen-bond donors (Lipinski definition) is 1. The van der Waals surface area contributed by atoms with Crippen LogP contribution in [0.15, 0.2) is 30.3 Å². The van der Waals surface area contributed by atoms with E-state index in [1.54, 1.807) is 26.8 Å². The van der Waals surface area contributed by atoms with Crippen molar-refractivity contribution >= 4 is 11.7 Å². The minimum atomic E-state index is -4.40. The van der Waals surface area contributed by atoms with Crippen molar-refractivity contribution in [2.45, 2.75) is 57.9 Å². The predicted molar refractivity (Wildman–Crippen MR) is 86.4 cm³/mol. The van der Waals surface area contributed by atoms with Gasteiger partial charge >= 0.3 is 12.3 Å². The fourth-order valence-corrected chi connectivity index (χ4v) is 2.74. The van der Waals surface area contributed by atoms with Gasteiger partial charge in [-0.1, -0.05) is 24.3 Å². The van der Waals surface area contributed by atoms with Crippen LogP contribution in [0.3, 0.4) is 0 Å². The molecule has 0 saturated heterocycles. The third kappa shape index (κ3) is 5.01. The maximum Gasteiger partial charge on any atom is 0.416 e. The molecule has 2 rings (SSSR count). The summed E-state index contributed by atoms with van der Waals surface area (Å²) in [4.78, 5) is 11.9. The summed E-state index contributed by atoms with van der Waals surface area (Å²) >= 11 is 0. The van der Waals surface area contributed by atoms with Crippen molar-refractivity contribution in [3.8, 4) is 0 Å². The molecule has 1 atom stereocenters. The lowest BCUT2D eigenvalue weighted by molar-refractivity contribution is -0.137. The van der Waals surface area contributed by atoms with Gasteiger partial charge in [0.15, 0.2) is 0 Å². The first kappa shape index (κ1) is 18.4. The van der Waals surface area contributed by atoms with E-state index in [4.69, 9.17) is 4.74 Å². The molecule has 1 aliphatic carbocycles. The first-order valence-corrected chi connectivity index (χ1v) is 7.91. The van der Waals surface area contributed by atoms with Crippen LogP contribution in [0.25, 0.3) is 5.57 Å². The number of benzene rings is 1. The lowest BCUT2D eigenvalue weighted by Gasteiger charge is -2.27. The highest BCUT2D eigenvalue weighted by molar-refractivity contribution is 5.72. The fourth-order valence-electron chi connectivity index (χ4n) is 2.74. The van der Waals surface area contributed by atoms with Crippen molar-refractivity contribution in [2.24, 2.45) is 0 Å². The Morgan fingerprint density at radius 2 is 1.88 bits per heavy atom. The van der Waals surface area contributed by atoms with Crippen LogP contribution in [-0.2, 0) is 10.9 Å². The highest BCUT2D eigenvalue weighted by Gasteiger charge is 2.34. The van der Waals surface area contributed by atoms with E-state index >= 15 is 0 Å². The first-order chi connectivity index (χ1) is 11.1. The van der Waals surface area contributed by atoms with Crippen molar-refractivity contribution in [1.82, 2.24) is 5.32 Å². The second-order valence-corrected chi connectivity index (χ2v) is 6.90. The van der Waals surface area contributed by atoms with E-state index in [-0.39, 0.29) is 11.6 Å². The van der Waals surface area contributed by atoms with Crippen LogP contribution in [-0.4, -0.2) is 17.7 Å². The van der Waals surface area contributed by atoms with E-state index in [9.17, 15) is 18.0 Å². The SMILES string of the molecule is CC(C)(C)OC(=O)NC1CCC=C(c2ccccc2C(F)(F)F)C1. The number of rotatable bonds is 2. The van der Waals surface area contributed by atoms with Gasteiger partial charge in [0, 0.05) is 6.04 Å². The van der Waals surface area contributed by atoms with Crippen molar-refractivity contribution in [3.05, 3.63) is 41.5 Å². The van der Waals surface area contributed by atoms with Gasteiger partial charge in [-0.3, -0.25) is 0 Å². The molecular formula is C18H22F3NO2. The summed E-state index contributed by atoms with van der Waals surface area (Å²) in [5, 5.41) is 2.75. The third-order valence-electron chi connectivity index (χ3n) is 3.67. The number of hydrogen-bond acceptors (Lipinski definition) is 2. The smallest absolute Gasteiger partial charge is 0.416 e. The third-order valence-corrected chi connectivity index (χ3v) is 3.67. The molecule has 0 radical (unpaired) electrons. The summed E-state index contributed by atoms with van der Waals surface area (Å²) in [6.07, 6.45) is -1.48. The van der Waals surface area contributed by atoms with Crippen LogP contribution in [0.1, 0.15) is 51.2 Å². The number of carbonyl (C=O) groups excluding carboxylic acids is 1. The largest absolute Gasteiger partial charge is 0.444 e. The number of carbonyl (C=O) groups is 1. The minimum Gasteiger partial charge on any atom is -0.444 e. The number of alkyl carbamates (subject to hydrolysis) is 1. The Kier molecular flexibility index (Phi) is 5.26. The van der Waals surface area contributed by atoms with E-state index in [0.717, 1.165) is 6.07 Å². The normalized spacial score (nSPS) is 18.8. The predicted octanol–water partition coefficient (Wildman–Crippen LogP) is 5.17. The van der Waals surface area contributed by atoms with Crippen LogP contribution in [0.4, 0.5) is 18.0 Å². The van der Waals surface area contributed by atoms with Crippen LogP contribution in [0.2, 0.25) is 0 Å². The molecule has 6 heteroatoms. The number of allylic oxidation sites excluding steroid dienone is 1. The van der Waals surface area contributed by atoms with E-state index < -0.39 is 23.4 Å². The van der Waals surface area contributed by atoms with Crippen LogP contribution >= 0.6 is 0 Å². The zero-order valence-corrected chi connectivity index (χ0v) is 14.0. The zero-order valence-electron chi connectivity index (χ0n) is 14.0. The molecule has 0 spiro atoms. The zero-order chi connectivity index (χ0) is 18.0. The molecule has 0 aromatic heterocycles. The molecule has 1 aromatic carbocycles. The van der Waals surface area contributed by atoms with Crippen LogP contribution < -0.4 is 5.32 Å². The Hall–Kier alpha value is -1.98. The summed E-state index contributed by atoms with van der Waals surface area (Å²) in [7, 11) is 0. The number of amides is 1. The Morgan fingerprint density at radius 1 is 1.21 bits per heavy atom. The molecule has 0 bridgehead atoms. The van der Waals surface area contributed by atoms with Crippen LogP contribution in [0, 0.1) is 0 Å². The Balaban J connectivity index is 2.12. The standard InChI is InChI=1S/C18H22F3NO2/c1-17(2,3)24-16(23)22-13-8-6-7-12(11-13)14-9-4-5-10-15(14)18(19,20)21/h4-5,7,9-10,13H,6,8,11H2,1-3H3,(H,22,23). The van der Waals surface area contributed by atoms with E-state index in [0.29, 0.717) is 24.8 Å². The summed E-state index contributed by atoms with van der Waals surface area (Å²) < 4.78 is 44.7. The Bertz CT molecular complexity index is 630. The maximum atomic E-state index is 13.2. The fraction of sp³-hybridized carbons (Fsp3) is 0.500. The van der Waals surface area contributed by atoms with Gasteiger partial charge in [0.25, 0.3) is 0 Å². The van der Waals surface area contributed by atoms with Gasteiger partial charge in [0.05, 0.1) is 5.56 Å². The summed E-state index contributed by atoms with van der Waals surface area (Å²) in [5.74, 6) is 0. The van der Waals surface area contributed by atoms with Gasteiger partial charge in [-0.25, -0.2) is 4.79 Å². The highest BCUT2D eigenvalue weighted by atomic mass is 19.4. The Morgan fingerprint density at radius 3 is 2.50 bits per heavy atom. The molecule has 1 amide bonds. The van der Waals surface area contributed by atoms with Gasteiger partial charge in [0.1, 0.15) is 5.60 Å². The second-order valence-electron chi connectivity index (χ2n) is 6.90. The minimum absolute atomic E-state index is 0.181. The number of halogens is 3. The molecule has 1 aliphatic rings. The van der Waals surface area contributed by atoms with Gasteiger partial charge in [-0.15, -0.1) is 0 Å². The lowest BCUT2D eigenvalue weighted by atomic mass is 9.88. The molecule has 1 N–H and O–H groups in total. The second kappa shape index (κ2) is 6.87. The molecular weight excluding hydrogens is 319 g/mol. The monoisotopic (exact) mass is 341 g/mol. The summed E-state index contributed by atoms with van der Waals surface area (Å²) in [6.45, 7) is 5.29. The first-order valence-electron chi connectivity index (χ1n) is 7.91. The van der Waals surface area contributed by atoms with Gasteiger partial charge in [-0.05, 0) is 57.2 Å². The van der Waals surface area contributed by atoms with Gasteiger partial charge in [-0.2, -0.15) is 13.2 Å². The van der Waals surface area contributed by atoms with E-state index in [1.807, 2.05) is 6.08 Å². The molecule has 1 unspecified atom stereocenters.